The van der Waals surface area contributed by atoms with Gasteiger partial charge >= 0.3 is 0 Å². The molecule has 4 rings (SSSR count). The van der Waals surface area contributed by atoms with E-state index in [4.69, 9.17) is 23.2 Å². The minimum atomic E-state index is -4.20. The number of likely N-dealkylation sites (N-methyl/N-ethyl adjacent to an activating group) is 1. The number of halogens is 2. The molecule has 0 saturated carbocycles. The molecule has 0 aliphatic heterocycles. The normalized spacial score (nSPS) is 11.9. The van der Waals surface area contributed by atoms with Crippen molar-refractivity contribution in [1.82, 2.24) is 10.2 Å². The Morgan fingerprint density at radius 2 is 1.47 bits per heavy atom. The molecular weight excluding hydrogens is 605 g/mol. The van der Waals surface area contributed by atoms with Gasteiger partial charge in [-0.3, -0.25) is 13.9 Å². The molecule has 1 atom stereocenters. The molecule has 1 N–H and O–H groups in total. The molecule has 0 radical (unpaired) electrons. The lowest BCUT2D eigenvalue weighted by Gasteiger charge is -2.34. The van der Waals surface area contributed by atoms with E-state index >= 15 is 0 Å². The average molecular weight is 639 g/mol. The molecule has 0 aliphatic carbocycles. The van der Waals surface area contributed by atoms with Crippen LogP contribution in [0.2, 0.25) is 10.0 Å². The summed E-state index contributed by atoms with van der Waals surface area (Å²) >= 11 is 12.3. The molecule has 7 nitrogen and oxygen atoms in total. The van der Waals surface area contributed by atoms with Crippen LogP contribution in [0.25, 0.3) is 0 Å². The van der Waals surface area contributed by atoms with Crippen molar-refractivity contribution in [3.8, 4) is 0 Å². The lowest BCUT2D eigenvalue weighted by atomic mass is 10.0. The summed E-state index contributed by atoms with van der Waals surface area (Å²) in [6.45, 7) is 3.55. The third-order valence-electron chi connectivity index (χ3n) is 6.87. The van der Waals surface area contributed by atoms with Gasteiger partial charge in [0.15, 0.2) is 0 Å². The summed E-state index contributed by atoms with van der Waals surface area (Å²) in [5, 5.41) is 3.71. The van der Waals surface area contributed by atoms with E-state index in [0.29, 0.717) is 27.8 Å². The summed E-state index contributed by atoms with van der Waals surface area (Å²) in [4.78, 5) is 29.3. The number of rotatable bonds is 12. The zero-order valence-electron chi connectivity index (χ0n) is 23.9. The molecule has 0 fully saturated rings. The fourth-order valence-corrected chi connectivity index (χ4v) is 6.40. The van der Waals surface area contributed by atoms with Crippen LogP contribution in [0, 0.1) is 6.92 Å². The highest BCUT2D eigenvalue weighted by Gasteiger charge is 2.34. The maximum Gasteiger partial charge on any atom is 0.264 e. The third kappa shape index (κ3) is 8.38. The second kappa shape index (κ2) is 14.6. The van der Waals surface area contributed by atoms with E-state index in [2.05, 4.69) is 5.32 Å². The molecule has 4 aromatic carbocycles. The third-order valence-corrected chi connectivity index (χ3v) is 9.14. The molecule has 10 heteroatoms. The minimum Gasteiger partial charge on any atom is -0.355 e. The second-order valence-corrected chi connectivity index (χ2v) is 12.8. The van der Waals surface area contributed by atoms with E-state index in [0.717, 1.165) is 15.4 Å². The first kappa shape index (κ1) is 32.1. The van der Waals surface area contributed by atoms with Gasteiger partial charge in [0.25, 0.3) is 10.0 Å². The largest absolute Gasteiger partial charge is 0.355 e. The van der Waals surface area contributed by atoms with Crippen LogP contribution >= 0.6 is 23.2 Å². The number of nitrogens with one attached hydrogen (secondary N) is 1. The van der Waals surface area contributed by atoms with Crippen molar-refractivity contribution in [1.29, 1.82) is 0 Å². The molecule has 0 bridgehead atoms. The Balaban J connectivity index is 1.79. The smallest absolute Gasteiger partial charge is 0.264 e. The summed E-state index contributed by atoms with van der Waals surface area (Å²) in [7, 11) is -4.20. The standard InChI is InChI=1S/C33H33Cl2N3O4S/c1-3-36-33(40)31(21-25-8-5-4-6-9-25)37(22-26-10-7-11-28(35)20-26)32(39)23-38(29-16-12-24(2)13-17-29)43(41,42)30-18-14-27(34)15-19-30/h4-20,31H,3,21-23H2,1-2H3,(H,36,40)/t31-/m1/s1. The molecule has 0 heterocycles. The Labute approximate surface area is 263 Å². The van der Waals surface area contributed by atoms with Crippen molar-refractivity contribution in [2.24, 2.45) is 0 Å². The first-order valence-corrected chi connectivity index (χ1v) is 16.0. The maximum atomic E-state index is 14.3. The highest BCUT2D eigenvalue weighted by atomic mass is 35.5. The molecular formula is C33H33Cl2N3O4S. The van der Waals surface area contributed by atoms with Gasteiger partial charge in [-0.25, -0.2) is 8.42 Å². The lowest BCUT2D eigenvalue weighted by molar-refractivity contribution is -0.140. The zero-order valence-corrected chi connectivity index (χ0v) is 26.2. The molecule has 2 amide bonds. The van der Waals surface area contributed by atoms with Crippen LogP contribution in [0.4, 0.5) is 5.69 Å². The number of sulfonamides is 1. The van der Waals surface area contributed by atoms with Gasteiger partial charge in [-0.1, -0.05) is 83.4 Å². The molecule has 0 unspecified atom stereocenters. The van der Waals surface area contributed by atoms with Crippen molar-refractivity contribution in [2.75, 3.05) is 17.4 Å². The van der Waals surface area contributed by atoms with E-state index < -0.39 is 28.5 Å². The quantitative estimate of drug-likeness (QED) is 0.198. The average Bonchev–Trinajstić information content (AvgIpc) is 2.99. The Morgan fingerprint density at radius 3 is 2.09 bits per heavy atom. The predicted molar refractivity (Wildman–Crippen MR) is 172 cm³/mol. The number of hydrogen-bond donors (Lipinski definition) is 1. The Hall–Kier alpha value is -3.85. The van der Waals surface area contributed by atoms with Crippen LogP contribution in [0.5, 0.6) is 0 Å². The molecule has 224 valence electrons. The molecule has 0 saturated heterocycles. The highest BCUT2D eigenvalue weighted by Crippen LogP contribution is 2.26. The van der Waals surface area contributed by atoms with Crippen molar-refractivity contribution < 1.29 is 18.0 Å². The summed E-state index contributed by atoms with van der Waals surface area (Å²) in [5.74, 6) is -0.894. The van der Waals surface area contributed by atoms with Gasteiger partial charge in [0.05, 0.1) is 10.6 Å². The van der Waals surface area contributed by atoms with Crippen LogP contribution in [0.15, 0.2) is 108 Å². The first-order chi connectivity index (χ1) is 20.6. The summed E-state index contributed by atoms with van der Waals surface area (Å²) in [5.41, 5.74) is 2.80. The van der Waals surface area contributed by atoms with Gasteiger partial charge in [0, 0.05) is 29.6 Å². The van der Waals surface area contributed by atoms with E-state index in [-0.39, 0.29) is 23.8 Å². The molecule has 4 aromatic rings. The van der Waals surface area contributed by atoms with Gasteiger partial charge < -0.3 is 10.2 Å². The number of carbonyl (C=O) groups is 2. The Morgan fingerprint density at radius 1 is 0.814 bits per heavy atom. The lowest BCUT2D eigenvalue weighted by Crippen LogP contribution is -2.53. The van der Waals surface area contributed by atoms with Crippen LogP contribution < -0.4 is 9.62 Å². The number of nitrogens with zero attached hydrogens (tertiary/aromatic N) is 2. The van der Waals surface area contributed by atoms with Crippen LogP contribution in [0.3, 0.4) is 0 Å². The van der Waals surface area contributed by atoms with Crippen LogP contribution in [0.1, 0.15) is 23.6 Å². The molecule has 0 aromatic heterocycles. The van der Waals surface area contributed by atoms with Gasteiger partial charge in [-0.2, -0.15) is 0 Å². The monoisotopic (exact) mass is 637 g/mol. The fraction of sp³-hybridized carbons (Fsp3) is 0.212. The molecule has 0 spiro atoms. The van der Waals surface area contributed by atoms with Crippen molar-refractivity contribution >= 4 is 50.7 Å². The zero-order chi connectivity index (χ0) is 31.0. The van der Waals surface area contributed by atoms with Crippen molar-refractivity contribution in [3.63, 3.8) is 0 Å². The number of benzene rings is 4. The van der Waals surface area contributed by atoms with Gasteiger partial charge in [-0.15, -0.1) is 0 Å². The number of carbonyl (C=O) groups excluding carboxylic acids is 2. The van der Waals surface area contributed by atoms with Gasteiger partial charge in [-0.05, 0) is 73.5 Å². The van der Waals surface area contributed by atoms with E-state index in [1.165, 1.54) is 29.2 Å². The SMILES string of the molecule is CCNC(=O)[C@@H](Cc1ccccc1)N(Cc1cccc(Cl)c1)C(=O)CN(c1ccc(C)cc1)S(=O)(=O)c1ccc(Cl)cc1. The number of anilines is 1. The van der Waals surface area contributed by atoms with E-state index in [1.54, 1.807) is 49.4 Å². The highest BCUT2D eigenvalue weighted by molar-refractivity contribution is 7.92. The topological polar surface area (TPSA) is 86.8 Å². The van der Waals surface area contributed by atoms with Gasteiger partial charge in [0.2, 0.25) is 11.8 Å². The number of aryl methyl sites for hydroxylation is 1. The van der Waals surface area contributed by atoms with Crippen LogP contribution in [-0.2, 0) is 32.6 Å². The second-order valence-electron chi connectivity index (χ2n) is 10.1. The number of amides is 2. The van der Waals surface area contributed by atoms with E-state index in [1.807, 2.05) is 43.3 Å². The summed E-state index contributed by atoms with van der Waals surface area (Å²) in [6, 6.07) is 28.1. The molecule has 0 aliphatic rings. The van der Waals surface area contributed by atoms with Gasteiger partial charge in [0.1, 0.15) is 12.6 Å². The number of hydrogen-bond acceptors (Lipinski definition) is 4. The maximum absolute atomic E-state index is 14.3. The minimum absolute atomic E-state index is 0.0174. The molecule has 43 heavy (non-hydrogen) atoms. The summed E-state index contributed by atoms with van der Waals surface area (Å²) in [6.07, 6.45) is 0.230. The predicted octanol–water partition coefficient (Wildman–Crippen LogP) is 6.27. The van der Waals surface area contributed by atoms with E-state index in [9.17, 15) is 18.0 Å². The van der Waals surface area contributed by atoms with Crippen LogP contribution in [-0.4, -0.2) is 44.3 Å². The summed E-state index contributed by atoms with van der Waals surface area (Å²) < 4.78 is 29.1. The Bertz CT molecular complexity index is 1650. The van der Waals surface area contributed by atoms with Crippen molar-refractivity contribution in [2.45, 2.75) is 37.8 Å². The Kier molecular flexibility index (Phi) is 10.9. The fourth-order valence-electron chi connectivity index (χ4n) is 4.65. The first-order valence-electron chi connectivity index (χ1n) is 13.8. The van der Waals surface area contributed by atoms with Crippen molar-refractivity contribution in [3.05, 3.63) is 130 Å².